The molecule has 0 aliphatic heterocycles. The zero-order valence-corrected chi connectivity index (χ0v) is 9.05. The molecule has 0 spiro atoms. The first-order valence-electron chi connectivity index (χ1n) is 5.07. The Hall–Kier alpha value is -0.610. The second-order valence-electron chi connectivity index (χ2n) is 4.00. The normalized spacial score (nSPS) is 15.1. The van der Waals surface area contributed by atoms with E-state index < -0.39 is 5.97 Å². The van der Waals surface area contributed by atoms with Gasteiger partial charge in [0, 0.05) is 25.0 Å². The van der Waals surface area contributed by atoms with Crippen LogP contribution >= 0.6 is 0 Å². The molecule has 0 bridgehead atoms. The summed E-state index contributed by atoms with van der Waals surface area (Å²) in [5, 5.41) is 20.7. The maximum atomic E-state index is 10.2. The number of carbonyl (C=O) groups is 1. The lowest BCUT2D eigenvalue weighted by atomic mass is 9.89. The highest BCUT2D eigenvalue weighted by Crippen LogP contribution is 2.18. The lowest BCUT2D eigenvalue weighted by Gasteiger charge is -2.25. The standard InChI is InChI=1S/C10H21NO3/c1-3-10(2,8-12)7-11-6-4-5-9(13)14/h11-12H,3-8H2,1-2H3,(H,13,14). The molecule has 4 nitrogen and oxygen atoms in total. The molecular weight excluding hydrogens is 182 g/mol. The molecule has 0 saturated carbocycles. The van der Waals surface area contributed by atoms with Crippen molar-refractivity contribution in [1.29, 1.82) is 0 Å². The smallest absolute Gasteiger partial charge is 0.303 e. The van der Waals surface area contributed by atoms with E-state index in [1.807, 2.05) is 13.8 Å². The Morgan fingerprint density at radius 3 is 2.57 bits per heavy atom. The van der Waals surface area contributed by atoms with Gasteiger partial charge in [-0.2, -0.15) is 0 Å². The second-order valence-corrected chi connectivity index (χ2v) is 4.00. The molecule has 0 aliphatic rings. The van der Waals surface area contributed by atoms with Gasteiger partial charge >= 0.3 is 5.97 Å². The number of hydrogen-bond donors (Lipinski definition) is 3. The van der Waals surface area contributed by atoms with Gasteiger partial charge in [-0.3, -0.25) is 4.79 Å². The van der Waals surface area contributed by atoms with E-state index in [2.05, 4.69) is 5.32 Å². The van der Waals surface area contributed by atoms with Crippen molar-refractivity contribution < 1.29 is 15.0 Å². The molecule has 0 saturated heterocycles. The van der Waals surface area contributed by atoms with Crippen LogP contribution in [0.4, 0.5) is 0 Å². The highest BCUT2D eigenvalue weighted by atomic mass is 16.4. The number of aliphatic carboxylic acids is 1. The van der Waals surface area contributed by atoms with Crippen LogP contribution in [0.2, 0.25) is 0 Å². The van der Waals surface area contributed by atoms with E-state index in [1.165, 1.54) is 0 Å². The number of carboxylic acids is 1. The van der Waals surface area contributed by atoms with Crippen LogP contribution in [0.15, 0.2) is 0 Å². The Balaban J connectivity index is 3.47. The Labute approximate surface area is 85.3 Å². The molecule has 0 radical (unpaired) electrons. The Morgan fingerprint density at radius 1 is 1.50 bits per heavy atom. The third kappa shape index (κ3) is 5.94. The van der Waals surface area contributed by atoms with Crippen molar-refractivity contribution in [2.24, 2.45) is 5.41 Å². The van der Waals surface area contributed by atoms with Crippen molar-refractivity contribution in [2.75, 3.05) is 19.7 Å². The number of carboxylic acid groups (broad SMARTS) is 1. The zero-order valence-electron chi connectivity index (χ0n) is 9.05. The minimum absolute atomic E-state index is 0.0801. The van der Waals surface area contributed by atoms with E-state index in [9.17, 15) is 4.79 Å². The fourth-order valence-corrected chi connectivity index (χ4v) is 1.05. The third-order valence-corrected chi connectivity index (χ3v) is 2.53. The monoisotopic (exact) mass is 203 g/mol. The Kier molecular flexibility index (Phi) is 6.49. The van der Waals surface area contributed by atoms with E-state index in [-0.39, 0.29) is 18.4 Å². The molecule has 0 heterocycles. The highest BCUT2D eigenvalue weighted by molar-refractivity contribution is 5.66. The average molecular weight is 203 g/mol. The van der Waals surface area contributed by atoms with Crippen LogP contribution in [0.25, 0.3) is 0 Å². The summed E-state index contributed by atoms with van der Waals surface area (Å²) in [4.78, 5) is 10.2. The van der Waals surface area contributed by atoms with Crippen LogP contribution in [0.1, 0.15) is 33.1 Å². The molecule has 1 unspecified atom stereocenters. The summed E-state index contributed by atoms with van der Waals surface area (Å²) >= 11 is 0. The van der Waals surface area contributed by atoms with Crippen LogP contribution in [0.3, 0.4) is 0 Å². The van der Waals surface area contributed by atoms with E-state index in [0.29, 0.717) is 13.0 Å². The van der Waals surface area contributed by atoms with Gasteiger partial charge in [-0.15, -0.1) is 0 Å². The number of aliphatic hydroxyl groups excluding tert-OH is 1. The minimum Gasteiger partial charge on any atom is -0.481 e. The first-order chi connectivity index (χ1) is 6.54. The van der Waals surface area contributed by atoms with Gasteiger partial charge in [0.05, 0.1) is 0 Å². The van der Waals surface area contributed by atoms with Crippen LogP contribution in [0, 0.1) is 5.41 Å². The molecule has 1 atom stereocenters. The van der Waals surface area contributed by atoms with Crippen molar-refractivity contribution >= 4 is 5.97 Å². The van der Waals surface area contributed by atoms with Gasteiger partial charge in [0.25, 0.3) is 0 Å². The molecule has 3 N–H and O–H groups in total. The lowest BCUT2D eigenvalue weighted by molar-refractivity contribution is -0.137. The van der Waals surface area contributed by atoms with Gasteiger partial charge < -0.3 is 15.5 Å². The fraction of sp³-hybridized carbons (Fsp3) is 0.900. The highest BCUT2D eigenvalue weighted by Gasteiger charge is 2.19. The molecule has 0 aromatic heterocycles. The largest absolute Gasteiger partial charge is 0.481 e. The molecule has 0 aromatic carbocycles. The summed E-state index contributed by atoms with van der Waals surface area (Å²) in [6, 6.07) is 0. The van der Waals surface area contributed by atoms with Gasteiger partial charge in [-0.25, -0.2) is 0 Å². The van der Waals surface area contributed by atoms with Crippen LogP contribution in [-0.2, 0) is 4.79 Å². The number of aliphatic hydroxyl groups is 1. The van der Waals surface area contributed by atoms with Gasteiger partial charge in [-0.1, -0.05) is 13.8 Å². The van der Waals surface area contributed by atoms with Crippen molar-refractivity contribution in [3.05, 3.63) is 0 Å². The Bertz CT molecular complexity index is 167. The number of nitrogens with one attached hydrogen (secondary N) is 1. The lowest BCUT2D eigenvalue weighted by Crippen LogP contribution is -2.34. The summed E-state index contributed by atoms with van der Waals surface area (Å²) < 4.78 is 0. The van der Waals surface area contributed by atoms with Gasteiger partial charge in [-0.05, 0) is 19.4 Å². The second kappa shape index (κ2) is 6.79. The topological polar surface area (TPSA) is 69.6 Å². The predicted molar refractivity (Wildman–Crippen MR) is 55.2 cm³/mol. The number of rotatable bonds is 8. The van der Waals surface area contributed by atoms with Crippen molar-refractivity contribution in [3.63, 3.8) is 0 Å². The van der Waals surface area contributed by atoms with Gasteiger partial charge in [0.15, 0.2) is 0 Å². The summed E-state index contributed by atoms with van der Waals surface area (Å²) in [6.07, 6.45) is 1.75. The van der Waals surface area contributed by atoms with Crippen LogP contribution < -0.4 is 5.32 Å². The molecule has 4 heteroatoms. The quantitative estimate of drug-likeness (QED) is 0.511. The SMILES string of the molecule is CCC(C)(CO)CNCCCC(=O)O. The van der Waals surface area contributed by atoms with Crippen LogP contribution in [0.5, 0.6) is 0 Å². The maximum absolute atomic E-state index is 10.2. The van der Waals surface area contributed by atoms with Crippen LogP contribution in [-0.4, -0.2) is 35.9 Å². The molecule has 0 aromatic rings. The van der Waals surface area contributed by atoms with Crippen molar-refractivity contribution in [3.8, 4) is 0 Å². The summed E-state index contributed by atoms with van der Waals surface area (Å²) in [6.45, 7) is 5.64. The first kappa shape index (κ1) is 13.4. The van der Waals surface area contributed by atoms with Gasteiger partial charge in [0.1, 0.15) is 0 Å². The first-order valence-corrected chi connectivity index (χ1v) is 5.07. The van der Waals surface area contributed by atoms with E-state index in [1.54, 1.807) is 0 Å². The molecular formula is C10H21NO3. The maximum Gasteiger partial charge on any atom is 0.303 e. The molecule has 0 rings (SSSR count). The third-order valence-electron chi connectivity index (χ3n) is 2.53. The molecule has 14 heavy (non-hydrogen) atoms. The minimum atomic E-state index is -0.757. The predicted octanol–water partition coefficient (Wildman–Crippen LogP) is 0.849. The Morgan fingerprint density at radius 2 is 2.14 bits per heavy atom. The number of hydrogen-bond acceptors (Lipinski definition) is 3. The fourth-order valence-electron chi connectivity index (χ4n) is 1.05. The average Bonchev–Trinajstić information content (AvgIpc) is 2.16. The van der Waals surface area contributed by atoms with E-state index >= 15 is 0 Å². The zero-order chi connectivity index (χ0) is 11.0. The van der Waals surface area contributed by atoms with E-state index in [0.717, 1.165) is 13.0 Å². The summed E-state index contributed by atoms with van der Waals surface area (Å²) in [5.74, 6) is -0.757. The van der Waals surface area contributed by atoms with E-state index in [4.69, 9.17) is 10.2 Å². The molecule has 84 valence electrons. The summed E-state index contributed by atoms with van der Waals surface area (Å²) in [5.41, 5.74) is -0.0801. The molecule has 0 aliphatic carbocycles. The summed E-state index contributed by atoms with van der Waals surface area (Å²) in [7, 11) is 0. The van der Waals surface area contributed by atoms with Crippen molar-refractivity contribution in [2.45, 2.75) is 33.1 Å². The molecule has 0 fully saturated rings. The van der Waals surface area contributed by atoms with Gasteiger partial charge in [0.2, 0.25) is 0 Å². The van der Waals surface area contributed by atoms with Crippen molar-refractivity contribution in [1.82, 2.24) is 5.32 Å². The molecule has 0 amide bonds.